The Morgan fingerprint density at radius 2 is 1.67 bits per heavy atom. The van der Waals surface area contributed by atoms with Gasteiger partial charge in [-0.3, -0.25) is 0 Å². The molecule has 0 spiro atoms. The zero-order chi connectivity index (χ0) is 19.1. The Bertz CT molecular complexity index is 884. The van der Waals surface area contributed by atoms with Crippen LogP contribution in [0, 0.1) is 11.6 Å². The molecule has 5 heteroatoms. The van der Waals surface area contributed by atoms with E-state index < -0.39 is 0 Å². The molecule has 3 rings (SSSR count). The Hall–Kier alpha value is -2.43. The molecule has 27 heavy (non-hydrogen) atoms. The maximum atomic E-state index is 13.8. The molecule has 140 valence electrons. The van der Waals surface area contributed by atoms with Gasteiger partial charge >= 0.3 is 0 Å². The van der Waals surface area contributed by atoms with Gasteiger partial charge in [0.2, 0.25) is 0 Å². The molecule has 0 aliphatic carbocycles. The van der Waals surface area contributed by atoms with Crippen LogP contribution in [-0.2, 0) is 19.6 Å². The molecule has 0 saturated carbocycles. The minimum Gasteiger partial charge on any atom is -0.488 e. The molecule has 0 heterocycles. The highest BCUT2D eigenvalue weighted by atomic mass is 35.5. The van der Waals surface area contributed by atoms with E-state index in [0.717, 1.165) is 24.1 Å². The van der Waals surface area contributed by atoms with Crippen LogP contribution in [0.4, 0.5) is 8.78 Å². The quantitative estimate of drug-likeness (QED) is 0.513. The normalized spacial score (nSPS) is 10.8. The van der Waals surface area contributed by atoms with Crippen molar-refractivity contribution in [3.63, 3.8) is 0 Å². The van der Waals surface area contributed by atoms with Crippen LogP contribution in [0.15, 0.2) is 66.7 Å². The largest absolute Gasteiger partial charge is 0.488 e. The molecule has 3 aromatic rings. The summed E-state index contributed by atoms with van der Waals surface area (Å²) in [6, 6.07) is 18.4. The summed E-state index contributed by atoms with van der Waals surface area (Å²) in [4.78, 5) is 0. The van der Waals surface area contributed by atoms with Gasteiger partial charge in [-0.2, -0.15) is 0 Å². The van der Waals surface area contributed by atoms with Crippen molar-refractivity contribution in [1.29, 1.82) is 0 Å². The highest BCUT2D eigenvalue weighted by Crippen LogP contribution is 2.24. The molecule has 0 bridgehead atoms. The van der Waals surface area contributed by atoms with E-state index in [-0.39, 0.29) is 18.2 Å². The van der Waals surface area contributed by atoms with E-state index in [9.17, 15) is 8.78 Å². The molecule has 0 amide bonds. The van der Waals surface area contributed by atoms with Gasteiger partial charge in [-0.1, -0.05) is 41.9 Å². The summed E-state index contributed by atoms with van der Waals surface area (Å²) >= 11 is 6.10. The number of ether oxygens (including phenoxy) is 1. The predicted molar refractivity (Wildman–Crippen MR) is 104 cm³/mol. The van der Waals surface area contributed by atoms with Gasteiger partial charge in [-0.15, -0.1) is 0 Å². The molecule has 1 N–H and O–H groups in total. The van der Waals surface area contributed by atoms with Crippen molar-refractivity contribution < 1.29 is 13.5 Å². The van der Waals surface area contributed by atoms with Crippen LogP contribution < -0.4 is 10.1 Å². The topological polar surface area (TPSA) is 21.3 Å². The predicted octanol–water partition coefficient (Wildman–Crippen LogP) is 5.53. The van der Waals surface area contributed by atoms with Crippen LogP contribution in [0.25, 0.3) is 0 Å². The smallest absolute Gasteiger partial charge is 0.129 e. The molecule has 0 aliphatic heterocycles. The standard InChI is InChI=1S/C22H20ClF2NO/c23-19-7-10-22(27-15-17-3-1-2-4-21(17)25)18(13-19)14-26-12-11-16-5-8-20(24)9-6-16/h1-10,13,26H,11-12,14-15H2. The average Bonchev–Trinajstić information content (AvgIpc) is 2.67. The fourth-order valence-electron chi connectivity index (χ4n) is 2.70. The fraction of sp³-hybridized carbons (Fsp3) is 0.182. The second-order valence-corrected chi connectivity index (χ2v) is 6.62. The first-order valence-electron chi connectivity index (χ1n) is 8.71. The summed E-state index contributed by atoms with van der Waals surface area (Å²) in [7, 11) is 0. The number of hydrogen-bond acceptors (Lipinski definition) is 2. The molecular formula is C22H20ClF2NO. The van der Waals surface area contributed by atoms with Crippen LogP contribution in [0.5, 0.6) is 5.75 Å². The van der Waals surface area contributed by atoms with Gasteiger partial charge < -0.3 is 10.1 Å². The van der Waals surface area contributed by atoms with Crippen molar-refractivity contribution in [3.8, 4) is 5.75 Å². The van der Waals surface area contributed by atoms with Crippen molar-refractivity contribution in [1.82, 2.24) is 5.32 Å². The molecule has 0 radical (unpaired) electrons. The monoisotopic (exact) mass is 387 g/mol. The Labute approximate surface area is 162 Å². The molecule has 0 unspecified atom stereocenters. The minimum absolute atomic E-state index is 0.150. The highest BCUT2D eigenvalue weighted by Gasteiger charge is 2.07. The third-order valence-electron chi connectivity index (χ3n) is 4.18. The number of hydrogen-bond donors (Lipinski definition) is 1. The summed E-state index contributed by atoms with van der Waals surface area (Å²) in [5, 5.41) is 3.95. The van der Waals surface area contributed by atoms with E-state index >= 15 is 0 Å². The Balaban J connectivity index is 1.57. The van der Waals surface area contributed by atoms with E-state index in [1.807, 2.05) is 6.07 Å². The summed E-state index contributed by atoms with van der Waals surface area (Å²) in [5.41, 5.74) is 2.46. The Kier molecular flexibility index (Phi) is 6.80. The molecule has 2 nitrogen and oxygen atoms in total. The Morgan fingerprint density at radius 3 is 2.44 bits per heavy atom. The van der Waals surface area contributed by atoms with Gasteiger partial charge in [-0.05, 0) is 54.9 Å². The van der Waals surface area contributed by atoms with Crippen LogP contribution in [0.2, 0.25) is 5.02 Å². The zero-order valence-corrected chi connectivity index (χ0v) is 15.5. The third-order valence-corrected chi connectivity index (χ3v) is 4.42. The van der Waals surface area contributed by atoms with Crippen molar-refractivity contribution in [2.24, 2.45) is 0 Å². The molecule has 0 aliphatic rings. The molecule has 0 atom stereocenters. The third kappa shape index (κ3) is 5.78. The lowest BCUT2D eigenvalue weighted by atomic mass is 10.1. The summed E-state index contributed by atoms with van der Waals surface area (Å²) < 4.78 is 32.5. The van der Waals surface area contributed by atoms with Gasteiger partial charge in [0.05, 0.1) is 0 Å². The van der Waals surface area contributed by atoms with Gasteiger partial charge in [0, 0.05) is 22.7 Å². The number of benzene rings is 3. The SMILES string of the molecule is Fc1ccc(CCNCc2cc(Cl)ccc2OCc2ccccc2F)cc1. The van der Waals surface area contributed by atoms with Crippen molar-refractivity contribution >= 4 is 11.6 Å². The van der Waals surface area contributed by atoms with Crippen LogP contribution in [-0.4, -0.2) is 6.54 Å². The first-order valence-corrected chi connectivity index (χ1v) is 9.09. The Morgan fingerprint density at radius 1 is 0.889 bits per heavy atom. The highest BCUT2D eigenvalue weighted by molar-refractivity contribution is 6.30. The van der Waals surface area contributed by atoms with E-state index in [4.69, 9.17) is 16.3 Å². The van der Waals surface area contributed by atoms with Crippen molar-refractivity contribution in [2.75, 3.05) is 6.54 Å². The molecule has 0 saturated heterocycles. The first kappa shape index (κ1) is 19.3. The van der Waals surface area contributed by atoms with Crippen LogP contribution in [0.1, 0.15) is 16.7 Å². The minimum atomic E-state index is -0.287. The summed E-state index contributed by atoms with van der Waals surface area (Å²) in [5.74, 6) is 0.143. The average molecular weight is 388 g/mol. The molecule has 0 aromatic heterocycles. The second kappa shape index (κ2) is 9.49. The fourth-order valence-corrected chi connectivity index (χ4v) is 2.90. The summed E-state index contributed by atoms with van der Waals surface area (Å²) in [6.45, 7) is 1.44. The molecular weight excluding hydrogens is 368 g/mol. The van der Waals surface area contributed by atoms with E-state index in [1.165, 1.54) is 18.2 Å². The van der Waals surface area contributed by atoms with Crippen LogP contribution in [0.3, 0.4) is 0 Å². The lowest BCUT2D eigenvalue weighted by Gasteiger charge is -2.13. The van der Waals surface area contributed by atoms with Gasteiger partial charge in [0.15, 0.2) is 0 Å². The number of nitrogens with one attached hydrogen (secondary N) is 1. The molecule has 0 fully saturated rings. The van der Waals surface area contributed by atoms with Gasteiger partial charge in [-0.25, -0.2) is 8.78 Å². The van der Waals surface area contributed by atoms with E-state index in [1.54, 1.807) is 42.5 Å². The van der Waals surface area contributed by atoms with Crippen LogP contribution >= 0.6 is 11.6 Å². The van der Waals surface area contributed by atoms with Crippen molar-refractivity contribution in [2.45, 2.75) is 19.6 Å². The first-order chi connectivity index (χ1) is 13.1. The van der Waals surface area contributed by atoms with Gasteiger partial charge in [0.1, 0.15) is 24.0 Å². The van der Waals surface area contributed by atoms with E-state index in [2.05, 4.69) is 5.32 Å². The number of rotatable bonds is 8. The van der Waals surface area contributed by atoms with Crippen molar-refractivity contribution in [3.05, 3.63) is 100 Å². The molecule has 3 aromatic carbocycles. The number of halogens is 3. The maximum Gasteiger partial charge on any atom is 0.129 e. The maximum absolute atomic E-state index is 13.8. The zero-order valence-electron chi connectivity index (χ0n) is 14.7. The second-order valence-electron chi connectivity index (χ2n) is 6.19. The lowest BCUT2D eigenvalue weighted by molar-refractivity contribution is 0.296. The lowest BCUT2D eigenvalue weighted by Crippen LogP contribution is -2.17. The summed E-state index contributed by atoms with van der Waals surface area (Å²) in [6.07, 6.45) is 0.784. The van der Waals surface area contributed by atoms with Gasteiger partial charge in [0.25, 0.3) is 0 Å². The van der Waals surface area contributed by atoms with E-state index in [0.29, 0.717) is 22.9 Å².